The first kappa shape index (κ1) is 17.2. The van der Waals surface area contributed by atoms with Crippen LogP contribution in [0.2, 0.25) is 0 Å². The van der Waals surface area contributed by atoms with Crippen molar-refractivity contribution in [3.8, 4) is 0 Å². The minimum Gasteiger partial charge on any atom is -0.459 e. The summed E-state index contributed by atoms with van der Waals surface area (Å²) in [5, 5.41) is 3.36. The van der Waals surface area contributed by atoms with E-state index in [9.17, 15) is 14.4 Å². The number of hydrogen-bond acceptors (Lipinski definition) is 5. The van der Waals surface area contributed by atoms with E-state index >= 15 is 0 Å². The molecule has 0 aliphatic carbocycles. The Morgan fingerprint density at radius 1 is 1.42 bits per heavy atom. The van der Waals surface area contributed by atoms with Gasteiger partial charge in [-0.15, -0.1) is 21.0 Å². The van der Waals surface area contributed by atoms with E-state index in [2.05, 4.69) is 14.6 Å². The maximum Gasteiger partial charge on any atom is 0.330 e. The van der Waals surface area contributed by atoms with Gasteiger partial charge in [-0.3, -0.25) is 9.59 Å². The number of ether oxygens (including phenoxy) is 1. The third-order valence-electron chi connectivity index (χ3n) is 4.27. The summed E-state index contributed by atoms with van der Waals surface area (Å²) in [5.41, 5.74) is 0.894. The monoisotopic (exact) mass is 366 g/mol. The van der Waals surface area contributed by atoms with Gasteiger partial charge in [0, 0.05) is 4.75 Å². The minimum absolute atomic E-state index is 0.170. The van der Waals surface area contributed by atoms with Crippen LogP contribution < -0.4 is 10.6 Å². The van der Waals surface area contributed by atoms with Crippen molar-refractivity contribution in [2.75, 3.05) is 0 Å². The van der Waals surface area contributed by atoms with Gasteiger partial charge in [-0.1, -0.05) is 24.3 Å². The van der Waals surface area contributed by atoms with Crippen LogP contribution in [0.25, 0.3) is 0 Å². The number of nitrogens with one attached hydrogen (secondary N) is 1. The molecular weight excluding hydrogens is 347 g/mol. The lowest BCUT2D eigenvalue weighted by Crippen LogP contribution is -2.69. The SMILES string of the molecule is CC1(C)SC2C(NC=O)C(=O)N2C1C(=O)OCc1ccc(P)cc1. The third kappa shape index (κ3) is 2.91. The molecule has 2 fully saturated rings. The molecule has 128 valence electrons. The highest BCUT2D eigenvalue weighted by atomic mass is 32.2. The maximum absolute atomic E-state index is 12.6. The second kappa shape index (κ2) is 6.37. The number of nitrogens with zero attached hydrogens (tertiary/aromatic N) is 1. The Morgan fingerprint density at radius 3 is 2.71 bits per heavy atom. The number of thioether (sulfide) groups is 1. The molecule has 2 aliphatic rings. The van der Waals surface area contributed by atoms with Crippen molar-refractivity contribution in [3.63, 3.8) is 0 Å². The molecule has 8 heteroatoms. The molecule has 0 radical (unpaired) electrons. The number of amides is 2. The van der Waals surface area contributed by atoms with Crippen LogP contribution in [0.5, 0.6) is 0 Å². The van der Waals surface area contributed by atoms with E-state index in [-0.39, 0.29) is 17.9 Å². The summed E-state index contributed by atoms with van der Waals surface area (Å²) in [5.74, 6) is -0.651. The highest BCUT2D eigenvalue weighted by Gasteiger charge is 2.64. The van der Waals surface area contributed by atoms with Gasteiger partial charge in [0.25, 0.3) is 0 Å². The lowest BCUT2D eigenvalue weighted by Gasteiger charge is -2.43. The molecule has 1 aromatic rings. The largest absolute Gasteiger partial charge is 0.459 e. The molecule has 6 nitrogen and oxygen atoms in total. The Labute approximate surface area is 146 Å². The second-order valence-electron chi connectivity index (χ2n) is 6.37. The molecule has 4 unspecified atom stereocenters. The summed E-state index contributed by atoms with van der Waals surface area (Å²) >= 11 is 1.51. The third-order valence-corrected chi connectivity index (χ3v) is 6.23. The summed E-state index contributed by atoms with van der Waals surface area (Å²) in [6, 6.07) is 6.43. The van der Waals surface area contributed by atoms with E-state index in [0.717, 1.165) is 10.9 Å². The molecule has 2 heterocycles. The van der Waals surface area contributed by atoms with E-state index in [0.29, 0.717) is 6.41 Å². The molecule has 24 heavy (non-hydrogen) atoms. The van der Waals surface area contributed by atoms with Gasteiger partial charge < -0.3 is 15.0 Å². The van der Waals surface area contributed by atoms with Crippen molar-refractivity contribution >= 4 is 44.6 Å². The fourth-order valence-electron chi connectivity index (χ4n) is 3.07. The molecule has 4 atom stereocenters. The quantitative estimate of drug-likeness (QED) is 0.354. The van der Waals surface area contributed by atoms with Crippen molar-refractivity contribution < 1.29 is 19.1 Å². The number of hydrogen-bond donors (Lipinski definition) is 1. The Hall–Kier alpha value is -1.59. The van der Waals surface area contributed by atoms with Crippen LogP contribution >= 0.6 is 21.0 Å². The molecule has 0 spiro atoms. The van der Waals surface area contributed by atoms with E-state index in [1.807, 2.05) is 38.1 Å². The van der Waals surface area contributed by atoms with Gasteiger partial charge in [-0.25, -0.2) is 4.79 Å². The number of carbonyl (C=O) groups is 3. The molecule has 3 rings (SSSR count). The smallest absolute Gasteiger partial charge is 0.330 e. The normalized spacial score (nSPS) is 27.2. The van der Waals surface area contributed by atoms with E-state index in [1.165, 1.54) is 16.7 Å². The minimum atomic E-state index is -0.647. The number of benzene rings is 1. The number of rotatable bonds is 5. The second-order valence-corrected chi connectivity index (χ2v) is 8.81. The van der Waals surface area contributed by atoms with E-state index in [4.69, 9.17) is 4.74 Å². The van der Waals surface area contributed by atoms with E-state index in [1.54, 1.807) is 0 Å². The van der Waals surface area contributed by atoms with Gasteiger partial charge >= 0.3 is 5.97 Å². The summed E-state index contributed by atoms with van der Waals surface area (Å²) in [6.45, 7) is 4.00. The topological polar surface area (TPSA) is 75.7 Å². The van der Waals surface area contributed by atoms with Gasteiger partial charge in [0.05, 0.1) is 0 Å². The fourth-order valence-corrected chi connectivity index (χ4v) is 4.89. The molecule has 0 saturated carbocycles. The van der Waals surface area contributed by atoms with Crippen molar-refractivity contribution in [1.29, 1.82) is 0 Å². The van der Waals surface area contributed by atoms with Crippen LogP contribution in [0.1, 0.15) is 19.4 Å². The Morgan fingerprint density at radius 2 is 2.08 bits per heavy atom. The molecule has 1 aromatic carbocycles. The van der Waals surface area contributed by atoms with Crippen LogP contribution in [0.4, 0.5) is 0 Å². The number of fused-ring (bicyclic) bond motifs is 1. The average molecular weight is 366 g/mol. The Bertz CT molecular complexity index is 679. The van der Waals surface area contributed by atoms with Crippen molar-refractivity contribution in [1.82, 2.24) is 10.2 Å². The highest BCUT2D eigenvalue weighted by Crippen LogP contribution is 2.50. The van der Waals surface area contributed by atoms with E-state index < -0.39 is 22.8 Å². The Balaban J connectivity index is 1.68. The molecule has 1 N–H and O–H groups in total. The molecule has 2 saturated heterocycles. The number of carbonyl (C=O) groups excluding carboxylic acids is 3. The van der Waals surface area contributed by atoms with Gasteiger partial charge in [0.1, 0.15) is 24.1 Å². The summed E-state index contributed by atoms with van der Waals surface area (Å²) < 4.78 is 4.97. The summed E-state index contributed by atoms with van der Waals surface area (Å²) in [4.78, 5) is 37.0. The lowest BCUT2D eigenvalue weighted by molar-refractivity contribution is -0.164. The standard InChI is InChI=1S/C16H19N2O4PS/c1-16(2)12(18-13(20)11(17-8-19)14(18)24-16)15(21)22-7-9-3-5-10(23)6-4-9/h3-6,8,11-12,14H,7,23H2,1-2H3,(H,17,19). The first-order valence-electron chi connectivity index (χ1n) is 7.56. The van der Waals surface area contributed by atoms with Crippen molar-refractivity contribution in [3.05, 3.63) is 29.8 Å². The zero-order chi connectivity index (χ0) is 17.5. The first-order valence-corrected chi connectivity index (χ1v) is 9.01. The molecule has 0 aromatic heterocycles. The highest BCUT2D eigenvalue weighted by molar-refractivity contribution is 8.01. The summed E-state index contributed by atoms with van der Waals surface area (Å²) in [6.07, 6.45) is 0.523. The fraction of sp³-hybridized carbons (Fsp3) is 0.438. The van der Waals surface area contributed by atoms with Gasteiger partial charge in [0.15, 0.2) is 0 Å². The van der Waals surface area contributed by atoms with Crippen LogP contribution in [0.3, 0.4) is 0 Å². The zero-order valence-electron chi connectivity index (χ0n) is 13.4. The van der Waals surface area contributed by atoms with Crippen LogP contribution in [0, 0.1) is 0 Å². The van der Waals surface area contributed by atoms with Gasteiger partial charge in [0.2, 0.25) is 12.3 Å². The van der Waals surface area contributed by atoms with Crippen molar-refractivity contribution in [2.45, 2.75) is 42.7 Å². The molecule has 2 aliphatic heterocycles. The van der Waals surface area contributed by atoms with Crippen LogP contribution in [-0.2, 0) is 25.7 Å². The zero-order valence-corrected chi connectivity index (χ0v) is 15.4. The van der Waals surface area contributed by atoms with Crippen LogP contribution in [0.15, 0.2) is 24.3 Å². The van der Waals surface area contributed by atoms with Crippen LogP contribution in [-0.4, -0.2) is 45.4 Å². The van der Waals surface area contributed by atoms with Gasteiger partial charge in [-0.2, -0.15) is 0 Å². The first-order chi connectivity index (χ1) is 11.3. The Kier molecular flexibility index (Phi) is 4.58. The summed E-state index contributed by atoms with van der Waals surface area (Å²) in [7, 11) is 2.60. The number of β-lactam (4-membered cyclic amide) rings is 1. The molecule has 0 bridgehead atoms. The lowest BCUT2D eigenvalue weighted by atomic mass is 9.96. The predicted molar refractivity (Wildman–Crippen MR) is 94.7 cm³/mol. The van der Waals surface area contributed by atoms with Gasteiger partial charge in [-0.05, 0) is 24.7 Å². The molecular formula is C16H19N2O4PS. The maximum atomic E-state index is 12.6. The average Bonchev–Trinajstić information content (AvgIpc) is 2.80. The van der Waals surface area contributed by atoms with Crippen molar-refractivity contribution in [2.24, 2.45) is 0 Å². The molecule has 2 amide bonds. The number of esters is 1. The predicted octanol–water partition coefficient (Wildman–Crippen LogP) is 0.407.